The molecule has 0 spiro atoms. The van der Waals surface area contributed by atoms with Crippen LogP contribution in [0.3, 0.4) is 0 Å². The number of carbonyl (C=O) groups is 2. The van der Waals surface area contributed by atoms with E-state index < -0.39 is 23.5 Å². The van der Waals surface area contributed by atoms with Gasteiger partial charge in [0, 0.05) is 19.2 Å². The zero-order chi connectivity index (χ0) is 24.1. The van der Waals surface area contributed by atoms with E-state index in [4.69, 9.17) is 9.47 Å². The van der Waals surface area contributed by atoms with Gasteiger partial charge >= 0.3 is 0 Å². The van der Waals surface area contributed by atoms with Crippen LogP contribution in [0.4, 0.5) is 0 Å². The molecule has 0 bridgehead atoms. The Hall–Kier alpha value is -3.52. The van der Waals surface area contributed by atoms with E-state index >= 15 is 0 Å². The Morgan fingerprint density at radius 3 is 2.15 bits per heavy atom. The molecule has 1 amide bonds. The fourth-order valence-electron chi connectivity index (χ4n) is 4.02. The molecule has 1 fully saturated rings. The second-order valence-corrected chi connectivity index (χ2v) is 7.68. The lowest BCUT2D eigenvalue weighted by atomic mass is 9.95. The van der Waals surface area contributed by atoms with Crippen molar-refractivity contribution in [3.63, 3.8) is 0 Å². The summed E-state index contributed by atoms with van der Waals surface area (Å²) in [5, 5.41) is 21.5. The van der Waals surface area contributed by atoms with Gasteiger partial charge in [-0.2, -0.15) is 0 Å². The predicted molar refractivity (Wildman–Crippen MR) is 124 cm³/mol. The lowest BCUT2D eigenvalue weighted by Crippen LogP contribution is -2.38. The third-order valence-electron chi connectivity index (χ3n) is 5.98. The summed E-state index contributed by atoms with van der Waals surface area (Å²) < 4.78 is 10.3. The Bertz CT molecular complexity index is 1040. The highest BCUT2D eigenvalue weighted by atomic mass is 16.5. The maximum absolute atomic E-state index is 13.1. The number of rotatable bonds is 9. The third-order valence-corrected chi connectivity index (χ3v) is 5.98. The highest BCUT2D eigenvalue weighted by Gasteiger charge is 2.46. The van der Waals surface area contributed by atoms with Crippen molar-refractivity contribution >= 4 is 17.4 Å². The Labute approximate surface area is 193 Å². The topological polar surface area (TPSA) is 99.5 Å². The summed E-state index contributed by atoms with van der Waals surface area (Å²) in [7, 11) is 3.01. The molecule has 0 aliphatic carbocycles. The first-order chi connectivity index (χ1) is 15.9. The molecule has 0 unspecified atom stereocenters. The van der Waals surface area contributed by atoms with E-state index in [0.717, 1.165) is 13.1 Å². The summed E-state index contributed by atoms with van der Waals surface area (Å²) in [6.07, 6.45) is 0. The molecule has 1 heterocycles. The fraction of sp³-hybridized carbons (Fsp3) is 0.360. The lowest BCUT2D eigenvalue weighted by molar-refractivity contribution is -0.140. The van der Waals surface area contributed by atoms with Crippen molar-refractivity contribution < 1.29 is 29.3 Å². The predicted octanol–water partition coefficient (Wildman–Crippen LogP) is 3.17. The lowest BCUT2D eigenvalue weighted by Gasteiger charge is -2.28. The highest BCUT2D eigenvalue weighted by molar-refractivity contribution is 6.46. The number of aliphatic hydroxyl groups is 1. The average molecular weight is 455 g/mol. The van der Waals surface area contributed by atoms with Crippen LogP contribution < -0.4 is 9.47 Å². The van der Waals surface area contributed by atoms with Gasteiger partial charge < -0.3 is 29.5 Å². The normalized spacial score (nSPS) is 17.6. The molecule has 33 heavy (non-hydrogen) atoms. The van der Waals surface area contributed by atoms with E-state index in [9.17, 15) is 19.8 Å². The van der Waals surface area contributed by atoms with Crippen molar-refractivity contribution in [2.75, 3.05) is 40.4 Å². The molecule has 2 N–H and O–H groups in total. The van der Waals surface area contributed by atoms with Gasteiger partial charge in [0.2, 0.25) is 0 Å². The molecular formula is C25H30N2O6. The zero-order valence-corrected chi connectivity index (χ0v) is 19.4. The van der Waals surface area contributed by atoms with Gasteiger partial charge in [0.25, 0.3) is 11.7 Å². The van der Waals surface area contributed by atoms with E-state index in [1.165, 1.54) is 24.1 Å². The second-order valence-electron chi connectivity index (χ2n) is 7.68. The summed E-state index contributed by atoms with van der Waals surface area (Å²) >= 11 is 0. The molecule has 176 valence electrons. The number of hydrogen-bond donors (Lipinski definition) is 2. The number of carbonyl (C=O) groups excluding carboxylic acids is 2. The Balaban J connectivity index is 2.12. The molecule has 2 aromatic carbocycles. The second kappa shape index (κ2) is 10.4. The first kappa shape index (κ1) is 24.1. The minimum atomic E-state index is -0.798. The molecule has 1 aliphatic heterocycles. The van der Waals surface area contributed by atoms with Crippen molar-refractivity contribution in [1.82, 2.24) is 9.80 Å². The first-order valence-corrected chi connectivity index (χ1v) is 10.9. The molecule has 8 heteroatoms. The molecule has 3 rings (SSSR count). The minimum Gasteiger partial charge on any atom is -0.507 e. The van der Waals surface area contributed by atoms with Crippen molar-refractivity contribution in [2.24, 2.45) is 0 Å². The van der Waals surface area contributed by atoms with E-state index in [2.05, 4.69) is 4.90 Å². The van der Waals surface area contributed by atoms with Crippen molar-refractivity contribution in [3.05, 3.63) is 59.2 Å². The minimum absolute atomic E-state index is 0.0519. The summed E-state index contributed by atoms with van der Waals surface area (Å²) in [5.41, 5.74) is 0.644. The molecule has 0 saturated carbocycles. The number of Topliss-reactive ketones (excluding diaryl/α,β-unsaturated/α-hetero) is 1. The molecule has 0 aromatic heterocycles. The SMILES string of the molecule is CCN(CC)CCN1C(=O)C(=O)C(=C(O)c2ccc(OC)cc2O)[C@H]1c1ccc(OC)cc1. The molecule has 1 saturated heterocycles. The number of likely N-dealkylation sites (N-methyl/N-ethyl adjacent to an activating group) is 1. The first-order valence-electron chi connectivity index (χ1n) is 10.9. The monoisotopic (exact) mass is 454 g/mol. The largest absolute Gasteiger partial charge is 0.507 e. The van der Waals surface area contributed by atoms with Gasteiger partial charge in [-0.05, 0) is 42.9 Å². The highest BCUT2D eigenvalue weighted by Crippen LogP contribution is 2.41. The number of phenolic OH excluding ortho intramolecular Hbond substituents is 1. The standard InChI is InChI=1S/C25H30N2O6/c1-5-26(6-2)13-14-27-22(16-7-9-17(32-3)10-8-16)21(24(30)25(27)31)23(29)19-12-11-18(33-4)15-20(19)28/h7-12,15,22,28-29H,5-6,13-14H2,1-4H3/t22-/m1/s1. The summed E-state index contributed by atoms with van der Waals surface area (Å²) in [6, 6.07) is 10.6. The molecule has 1 atom stereocenters. The summed E-state index contributed by atoms with van der Waals surface area (Å²) in [4.78, 5) is 29.8. The number of ketones is 1. The molecular weight excluding hydrogens is 424 g/mol. The molecule has 1 aliphatic rings. The summed E-state index contributed by atoms with van der Waals surface area (Å²) in [6.45, 7) is 6.59. The van der Waals surface area contributed by atoms with Crippen LogP contribution in [0.25, 0.3) is 5.76 Å². The van der Waals surface area contributed by atoms with E-state index in [-0.39, 0.29) is 16.9 Å². The zero-order valence-electron chi connectivity index (χ0n) is 19.4. The third kappa shape index (κ3) is 4.80. The summed E-state index contributed by atoms with van der Waals surface area (Å²) in [5.74, 6) is -1.13. The molecule has 2 aromatic rings. The average Bonchev–Trinajstić information content (AvgIpc) is 3.09. The molecule has 8 nitrogen and oxygen atoms in total. The van der Waals surface area contributed by atoms with Crippen LogP contribution in [0, 0.1) is 0 Å². The van der Waals surface area contributed by atoms with Crippen LogP contribution in [0.1, 0.15) is 31.0 Å². The fourth-order valence-corrected chi connectivity index (χ4v) is 4.02. The van der Waals surface area contributed by atoms with Gasteiger partial charge in [0.15, 0.2) is 0 Å². The van der Waals surface area contributed by atoms with Crippen LogP contribution in [0.5, 0.6) is 17.2 Å². The Kier molecular flexibility index (Phi) is 7.60. The number of methoxy groups -OCH3 is 2. The van der Waals surface area contributed by atoms with E-state index in [1.54, 1.807) is 37.4 Å². The van der Waals surface area contributed by atoms with Gasteiger partial charge in [-0.15, -0.1) is 0 Å². The number of aromatic hydroxyl groups is 1. The molecule has 0 radical (unpaired) electrons. The number of likely N-dealkylation sites (tertiary alicyclic amines) is 1. The number of nitrogens with zero attached hydrogens (tertiary/aromatic N) is 2. The number of benzene rings is 2. The Morgan fingerprint density at radius 1 is 1.00 bits per heavy atom. The van der Waals surface area contributed by atoms with Crippen LogP contribution >= 0.6 is 0 Å². The quantitative estimate of drug-likeness (QED) is 0.341. The van der Waals surface area contributed by atoms with Gasteiger partial charge in [-0.1, -0.05) is 26.0 Å². The maximum Gasteiger partial charge on any atom is 0.295 e. The maximum atomic E-state index is 13.1. The number of ether oxygens (including phenoxy) is 2. The number of aliphatic hydroxyl groups excluding tert-OH is 1. The number of hydrogen-bond acceptors (Lipinski definition) is 7. The van der Waals surface area contributed by atoms with Crippen molar-refractivity contribution in [2.45, 2.75) is 19.9 Å². The van der Waals surface area contributed by atoms with E-state index in [1.807, 2.05) is 13.8 Å². The number of phenols is 1. The smallest absolute Gasteiger partial charge is 0.295 e. The van der Waals surface area contributed by atoms with E-state index in [0.29, 0.717) is 30.2 Å². The van der Waals surface area contributed by atoms with Crippen molar-refractivity contribution in [3.8, 4) is 17.2 Å². The Morgan fingerprint density at radius 2 is 1.61 bits per heavy atom. The van der Waals surface area contributed by atoms with Gasteiger partial charge in [-0.3, -0.25) is 9.59 Å². The van der Waals surface area contributed by atoms with Crippen LogP contribution in [0.15, 0.2) is 48.0 Å². The van der Waals surface area contributed by atoms with Gasteiger partial charge in [0.1, 0.15) is 23.0 Å². The van der Waals surface area contributed by atoms with Gasteiger partial charge in [0.05, 0.1) is 31.4 Å². The van der Waals surface area contributed by atoms with Crippen LogP contribution in [0.2, 0.25) is 0 Å². The van der Waals surface area contributed by atoms with Crippen LogP contribution in [-0.4, -0.2) is 72.1 Å². The van der Waals surface area contributed by atoms with Crippen molar-refractivity contribution in [1.29, 1.82) is 0 Å². The van der Waals surface area contributed by atoms with Crippen LogP contribution in [-0.2, 0) is 9.59 Å². The van der Waals surface area contributed by atoms with Gasteiger partial charge in [-0.25, -0.2) is 0 Å². The number of amides is 1.